The molecule has 0 radical (unpaired) electrons. The van der Waals surface area contributed by atoms with Gasteiger partial charge in [-0.05, 0) is 23.8 Å². The molecule has 5 nitrogen and oxygen atoms in total. The highest BCUT2D eigenvalue weighted by molar-refractivity contribution is 6.30. The summed E-state index contributed by atoms with van der Waals surface area (Å²) in [5, 5.41) is 0.490. The molecule has 0 atom stereocenters. The maximum absolute atomic E-state index is 11.6. The number of rotatable bonds is 5. The summed E-state index contributed by atoms with van der Waals surface area (Å²) in [6, 6.07) is 4.97. The van der Waals surface area contributed by atoms with E-state index in [1.807, 2.05) is 0 Å². The van der Waals surface area contributed by atoms with Crippen molar-refractivity contribution in [3.63, 3.8) is 0 Å². The lowest BCUT2D eigenvalue weighted by Crippen LogP contribution is -2.28. The van der Waals surface area contributed by atoms with Gasteiger partial charge in [0.1, 0.15) is 5.75 Å². The van der Waals surface area contributed by atoms with Gasteiger partial charge in [-0.1, -0.05) is 11.6 Å². The molecule has 0 saturated carbocycles. The molecule has 0 aliphatic rings. The molecule has 0 N–H and O–H groups in total. The first-order chi connectivity index (χ1) is 9.03. The summed E-state index contributed by atoms with van der Waals surface area (Å²) in [4.78, 5) is 23.2. The van der Waals surface area contributed by atoms with Gasteiger partial charge in [-0.25, -0.2) is 0 Å². The second-order valence-corrected chi connectivity index (χ2v) is 4.20. The Labute approximate surface area is 116 Å². The van der Waals surface area contributed by atoms with Crippen LogP contribution in [0.15, 0.2) is 18.2 Å². The molecule has 0 aromatic heterocycles. The molecule has 0 bridgehead atoms. The second kappa shape index (κ2) is 6.99. The lowest BCUT2D eigenvalue weighted by molar-refractivity contribution is -0.158. The normalized spacial score (nSPS) is 10.2. The lowest BCUT2D eigenvalue weighted by Gasteiger charge is -2.14. The number of ether oxygens (including phenoxy) is 3. The first kappa shape index (κ1) is 15.3. The van der Waals surface area contributed by atoms with Crippen LogP contribution in [0.25, 0.3) is 0 Å². The van der Waals surface area contributed by atoms with Crippen LogP contribution in [0.5, 0.6) is 5.75 Å². The molecule has 0 fully saturated rings. The first-order valence-corrected chi connectivity index (χ1v) is 5.89. The molecule has 1 aromatic carbocycles. The van der Waals surface area contributed by atoms with Crippen LogP contribution in [0.2, 0.25) is 5.02 Å². The average molecular weight is 287 g/mol. The van der Waals surface area contributed by atoms with Crippen molar-refractivity contribution >= 4 is 23.5 Å². The number of halogens is 1. The Morgan fingerprint density at radius 2 is 1.74 bits per heavy atom. The van der Waals surface area contributed by atoms with E-state index in [4.69, 9.17) is 16.3 Å². The van der Waals surface area contributed by atoms with Gasteiger partial charge in [0, 0.05) is 11.4 Å². The van der Waals surface area contributed by atoms with Crippen LogP contribution in [-0.2, 0) is 25.5 Å². The van der Waals surface area contributed by atoms with Gasteiger partial charge in [-0.2, -0.15) is 0 Å². The third-order valence-electron chi connectivity index (χ3n) is 2.64. The second-order valence-electron chi connectivity index (χ2n) is 3.76. The van der Waals surface area contributed by atoms with Crippen LogP contribution in [0.1, 0.15) is 5.56 Å². The Kier molecular flexibility index (Phi) is 5.63. The number of hydrogen-bond acceptors (Lipinski definition) is 5. The molecule has 0 unspecified atom stereocenters. The summed E-state index contributed by atoms with van der Waals surface area (Å²) in [7, 11) is 3.93. The molecule has 0 aliphatic heterocycles. The van der Waals surface area contributed by atoms with E-state index in [-0.39, 0.29) is 6.42 Å². The van der Waals surface area contributed by atoms with E-state index >= 15 is 0 Å². The van der Waals surface area contributed by atoms with E-state index in [0.29, 0.717) is 16.3 Å². The minimum atomic E-state index is -1.04. The van der Waals surface area contributed by atoms with Crippen molar-refractivity contribution in [3.05, 3.63) is 28.8 Å². The number of benzene rings is 1. The van der Waals surface area contributed by atoms with E-state index in [0.717, 1.165) is 0 Å². The van der Waals surface area contributed by atoms with Crippen LogP contribution in [0.4, 0.5) is 0 Å². The van der Waals surface area contributed by atoms with Crippen molar-refractivity contribution in [3.8, 4) is 5.75 Å². The summed E-state index contributed by atoms with van der Waals surface area (Å²) in [6.07, 6.45) is 0.100. The summed E-state index contributed by atoms with van der Waals surface area (Å²) < 4.78 is 14.4. The maximum Gasteiger partial charge on any atom is 0.320 e. The SMILES string of the molecule is COC(=O)C(Cc1cc(Cl)ccc1OC)C(=O)OC. The fourth-order valence-electron chi connectivity index (χ4n) is 1.67. The van der Waals surface area contributed by atoms with Crippen molar-refractivity contribution in [2.75, 3.05) is 21.3 Å². The molecule has 6 heteroatoms. The zero-order valence-electron chi connectivity index (χ0n) is 10.9. The third-order valence-corrected chi connectivity index (χ3v) is 2.87. The van der Waals surface area contributed by atoms with E-state index in [1.165, 1.54) is 21.3 Å². The van der Waals surface area contributed by atoms with Crippen molar-refractivity contribution in [2.24, 2.45) is 5.92 Å². The minimum Gasteiger partial charge on any atom is -0.496 e. The van der Waals surface area contributed by atoms with Crippen molar-refractivity contribution < 1.29 is 23.8 Å². The molecule has 19 heavy (non-hydrogen) atoms. The number of methoxy groups -OCH3 is 3. The van der Waals surface area contributed by atoms with Crippen LogP contribution in [0, 0.1) is 5.92 Å². The van der Waals surface area contributed by atoms with Crippen molar-refractivity contribution in [1.29, 1.82) is 0 Å². The Balaban J connectivity index is 3.05. The van der Waals surface area contributed by atoms with Gasteiger partial charge in [-0.15, -0.1) is 0 Å². The molecular formula is C13H15ClO5. The molecule has 1 aromatic rings. The molecule has 0 heterocycles. The summed E-state index contributed by atoms with van der Waals surface area (Å²) in [5.41, 5.74) is 0.635. The summed E-state index contributed by atoms with van der Waals surface area (Å²) in [5.74, 6) is -1.81. The van der Waals surface area contributed by atoms with Gasteiger partial charge in [0.2, 0.25) is 0 Å². The molecule has 1 rings (SSSR count). The largest absolute Gasteiger partial charge is 0.496 e. The quantitative estimate of drug-likeness (QED) is 0.611. The number of hydrogen-bond donors (Lipinski definition) is 0. The van der Waals surface area contributed by atoms with Crippen molar-refractivity contribution in [1.82, 2.24) is 0 Å². The zero-order chi connectivity index (χ0) is 14.4. The van der Waals surface area contributed by atoms with Gasteiger partial charge in [-0.3, -0.25) is 9.59 Å². The van der Waals surface area contributed by atoms with E-state index < -0.39 is 17.9 Å². The van der Waals surface area contributed by atoms with Crippen LogP contribution < -0.4 is 4.74 Å². The smallest absolute Gasteiger partial charge is 0.320 e. The Bertz CT molecular complexity index is 456. The molecule has 0 saturated heterocycles. The molecular weight excluding hydrogens is 272 g/mol. The molecule has 0 aliphatic carbocycles. The predicted octanol–water partition coefficient (Wildman–Crippen LogP) is 1.85. The molecule has 0 spiro atoms. The highest BCUT2D eigenvalue weighted by atomic mass is 35.5. The number of carbonyl (C=O) groups is 2. The van der Waals surface area contributed by atoms with Gasteiger partial charge in [0.05, 0.1) is 21.3 Å². The minimum absolute atomic E-state index is 0.100. The van der Waals surface area contributed by atoms with E-state index in [2.05, 4.69) is 9.47 Å². The Morgan fingerprint density at radius 3 is 2.21 bits per heavy atom. The highest BCUT2D eigenvalue weighted by Crippen LogP contribution is 2.26. The van der Waals surface area contributed by atoms with Gasteiger partial charge < -0.3 is 14.2 Å². The first-order valence-electron chi connectivity index (χ1n) is 5.51. The summed E-state index contributed by atoms with van der Waals surface area (Å²) >= 11 is 5.90. The lowest BCUT2D eigenvalue weighted by atomic mass is 9.98. The van der Waals surface area contributed by atoms with Crippen LogP contribution >= 0.6 is 11.6 Å². The highest BCUT2D eigenvalue weighted by Gasteiger charge is 2.29. The van der Waals surface area contributed by atoms with Crippen LogP contribution in [-0.4, -0.2) is 33.3 Å². The van der Waals surface area contributed by atoms with Gasteiger partial charge >= 0.3 is 11.9 Å². The third kappa shape index (κ3) is 3.86. The van der Waals surface area contributed by atoms with Crippen LogP contribution in [0.3, 0.4) is 0 Å². The van der Waals surface area contributed by atoms with E-state index in [9.17, 15) is 9.59 Å². The zero-order valence-corrected chi connectivity index (χ0v) is 11.7. The fraction of sp³-hybridized carbons (Fsp3) is 0.385. The molecule has 0 amide bonds. The average Bonchev–Trinajstić information content (AvgIpc) is 2.43. The Hall–Kier alpha value is -1.75. The number of carbonyl (C=O) groups excluding carboxylic acids is 2. The summed E-state index contributed by atoms with van der Waals surface area (Å²) in [6.45, 7) is 0. The number of esters is 2. The predicted molar refractivity (Wildman–Crippen MR) is 69.2 cm³/mol. The Morgan fingerprint density at radius 1 is 1.16 bits per heavy atom. The standard InChI is InChI=1S/C13H15ClO5/c1-17-11-5-4-9(14)6-8(11)7-10(12(15)18-2)13(16)19-3/h4-6,10H,7H2,1-3H3. The monoisotopic (exact) mass is 286 g/mol. The van der Waals surface area contributed by atoms with Gasteiger partial charge in [0.25, 0.3) is 0 Å². The van der Waals surface area contributed by atoms with Gasteiger partial charge in [0.15, 0.2) is 5.92 Å². The fourth-order valence-corrected chi connectivity index (χ4v) is 1.87. The molecule has 104 valence electrons. The van der Waals surface area contributed by atoms with Crippen molar-refractivity contribution in [2.45, 2.75) is 6.42 Å². The maximum atomic E-state index is 11.6. The van der Waals surface area contributed by atoms with E-state index in [1.54, 1.807) is 18.2 Å². The topological polar surface area (TPSA) is 61.8 Å².